The van der Waals surface area contributed by atoms with Crippen molar-refractivity contribution in [2.24, 2.45) is 0 Å². The van der Waals surface area contributed by atoms with Crippen molar-refractivity contribution in [3.8, 4) is 0 Å². The molecule has 6 nitrogen and oxygen atoms in total. The SMILES string of the molecule is O=C(CN(c1cccc(Cl)c1)S(=O)(=O)c1ccc(Cl)cc1)Nc1ccc(N2CCCC2)cc1. The van der Waals surface area contributed by atoms with Crippen molar-refractivity contribution in [1.82, 2.24) is 0 Å². The van der Waals surface area contributed by atoms with E-state index in [1.165, 1.54) is 43.2 Å². The molecule has 0 aliphatic carbocycles. The summed E-state index contributed by atoms with van der Waals surface area (Å²) in [4.78, 5) is 15.2. The number of carbonyl (C=O) groups excluding carboxylic acids is 1. The van der Waals surface area contributed by atoms with Crippen LogP contribution < -0.4 is 14.5 Å². The molecule has 0 saturated carbocycles. The molecule has 3 aromatic carbocycles. The highest BCUT2D eigenvalue weighted by atomic mass is 35.5. The summed E-state index contributed by atoms with van der Waals surface area (Å²) in [7, 11) is -4.04. The van der Waals surface area contributed by atoms with Gasteiger partial charge in [-0.2, -0.15) is 0 Å². The molecule has 1 heterocycles. The number of sulfonamides is 1. The average Bonchev–Trinajstić information content (AvgIpc) is 3.33. The summed E-state index contributed by atoms with van der Waals surface area (Å²) in [6, 6.07) is 19.7. The van der Waals surface area contributed by atoms with Gasteiger partial charge in [-0.25, -0.2) is 8.42 Å². The Balaban J connectivity index is 1.56. The third-order valence-corrected chi connectivity index (χ3v) is 7.68. The Hall–Kier alpha value is -2.74. The van der Waals surface area contributed by atoms with E-state index < -0.39 is 22.5 Å². The molecule has 1 fully saturated rings. The van der Waals surface area contributed by atoms with Crippen LogP contribution in [0.4, 0.5) is 17.1 Å². The van der Waals surface area contributed by atoms with Gasteiger partial charge in [-0.05, 0) is 79.6 Å². The van der Waals surface area contributed by atoms with Crippen molar-refractivity contribution in [3.05, 3.63) is 82.8 Å². The van der Waals surface area contributed by atoms with E-state index in [0.29, 0.717) is 15.7 Å². The average molecular weight is 504 g/mol. The minimum Gasteiger partial charge on any atom is -0.372 e. The number of hydrogen-bond donors (Lipinski definition) is 1. The van der Waals surface area contributed by atoms with Crippen LogP contribution in [0.2, 0.25) is 10.0 Å². The molecule has 0 unspecified atom stereocenters. The maximum Gasteiger partial charge on any atom is 0.264 e. The summed E-state index contributed by atoms with van der Waals surface area (Å²) in [5, 5.41) is 3.57. The summed E-state index contributed by atoms with van der Waals surface area (Å²) in [5.41, 5.74) is 1.99. The van der Waals surface area contributed by atoms with Gasteiger partial charge in [0, 0.05) is 34.5 Å². The van der Waals surface area contributed by atoms with Crippen LogP contribution in [-0.2, 0) is 14.8 Å². The fraction of sp³-hybridized carbons (Fsp3) is 0.208. The van der Waals surface area contributed by atoms with E-state index in [-0.39, 0.29) is 10.6 Å². The number of nitrogens with one attached hydrogen (secondary N) is 1. The Morgan fingerprint density at radius 3 is 2.21 bits per heavy atom. The zero-order valence-electron chi connectivity index (χ0n) is 17.7. The van der Waals surface area contributed by atoms with Gasteiger partial charge in [-0.3, -0.25) is 9.10 Å². The summed E-state index contributed by atoms with van der Waals surface area (Å²) in [6.45, 7) is 1.64. The quantitative estimate of drug-likeness (QED) is 0.466. The summed E-state index contributed by atoms with van der Waals surface area (Å²) in [5.74, 6) is -0.471. The van der Waals surface area contributed by atoms with Gasteiger partial charge in [0.05, 0.1) is 10.6 Å². The molecule has 4 rings (SSSR count). The molecule has 9 heteroatoms. The lowest BCUT2D eigenvalue weighted by atomic mass is 10.2. The van der Waals surface area contributed by atoms with Crippen molar-refractivity contribution < 1.29 is 13.2 Å². The van der Waals surface area contributed by atoms with Crippen LogP contribution >= 0.6 is 23.2 Å². The fourth-order valence-corrected chi connectivity index (χ4v) is 5.47. The van der Waals surface area contributed by atoms with Crippen LogP contribution in [0, 0.1) is 0 Å². The second kappa shape index (κ2) is 10.0. The predicted octanol–water partition coefficient (Wildman–Crippen LogP) is 5.43. The number of amides is 1. The second-order valence-corrected chi connectivity index (χ2v) is 10.5. The Labute approximate surface area is 203 Å². The highest BCUT2D eigenvalue weighted by Crippen LogP contribution is 2.27. The number of carbonyl (C=O) groups is 1. The standard InChI is InChI=1S/C24H23Cl2N3O3S/c25-18-6-12-23(13-7-18)33(31,32)29(22-5-3-4-19(26)16-22)17-24(30)27-20-8-10-21(11-9-20)28-14-1-2-15-28/h3-13,16H,1-2,14-15,17H2,(H,27,30). The molecule has 1 aliphatic rings. The molecular formula is C24H23Cl2N3O3S. The molecule has 1 N–H and O–H groups in total. The molecule has 3 aromatic rings. The first-order valence-electron chi connectivity index (χ1n) is 10.5. The van der Waals surface area contributed by atoms with Gasteiger partial charge in [0.15, 0.2) is 0 Å². The van der Waals surface area contributed by atoms with Crippen LogP contribution in [0.3, 0.4) is 0 Å². The zero-order chi connectivity index (χ0) is 23.4. The van der Waals surface area contributed by atoms with Crippen LogP contribution in [0.5, 0.6) is 0 Å². The van der Waals surface area contributed by atoms with Crippen molar-refractivity contribution in [2.75, 3.05) is 34.2 Å². The first-order valence-corrected chi connectivity index (χ1v) is 12.7. The Morgan fingerprint density at radius 2 is 1.58 bits per heavy atom. The highest BCUT2D eigenvalue weighted by molar-refractivity contribution is 7.92. The number of rotatable bonds is 7. The first kappa shape index (κ1) is 23.4. The number of benzene rings is 3. The van der Waals surface area contributed by atoms with E-state index >= 15 is 0 Å². The van der Waals surface area contributed by atoms with Gasteiger partial charge in [0.2, 0.25) is 5.91 Å². The maximum absolute atomic E-state index is 13.4. The molecule has 1 saturated heterocycles. The summed E-state index contributed by atoms with van der Waals surface area (Å²) >= 11 is 12.0. The predicted molar refractivity (Wildman–Crippen MR) is 134 cm³/mol. The topological polar surface area (TPSA) is 69.7 Å². The lowest BCUT2D eigenvalue weighted by Gasteiger charge is -2.24. The minimum absolute atomic E-state index is 0.0228. The molecule has 33 heavy (non-hydrogen) atoms. The molecule has 0 radical (unpaired) electrons. The zero-order valence-corrected chi connectivity index (χ0v) is 20.1. The molecule has 0 aromatic heterocycles. The first-order chi connectivity index (χ1) is 15.8. The Kier molecular flexibility index (Phi) is 7.12. The van der Waals surface area contributed by atoms with E-state index in [4.69, 9.17) is 23.2 Å². The number of hydrogen-bond acceptors (Lipinski definition) is 4. The lowest BCUT2D eigenvalue weighted by Crippen LogP contribution is -2.38. The van der Waals surface area contributed by atoms with Gasteiger partial charge in [0.1, 0.15) is 6.54 Å². The van der Waals surface area contributed by atoms with Gasteiger partial charge in [-0.1, -0.05) is 29.3 Å². The van der Waals surface area contributed by atoms with Crippen molar-refractivity contribution in [1.29, 1.82) is 0 Å². The molecule has 1 amide bonds. The van der Waals surface area contributed by atoms with Crippen LogP contribution in [0.25, 0.3) is 0 Å². The second-order valence-electron chi connectivity index (χ2n) is 7.73. The van der Waals surface area contributed by atoms with Crippen LogP contribution in [0.1, 0.15) is 12.8 Å². The van der Waals surface area contributed by atoms with E-state index in [1.807, 2.05) is 24.3 Å². The number of nitrogens with zero attached hydrogens (tertiary/aromatic N) is 2. The molecular weight excluding hydrogens is 481 g/mol. The van der Waals surface area contributed by atoms with Gasteiger partial charge in [0.25, 0.3) is 10.0 Å². The Bertz CT molecular complexity index is 1230. The summed E-state index contributed by atoms with van der Waals surface area (Å²) < 4.78 is 27.8. The molecule has 0 bridgehead atoms. The lowest BCUT2D eigenvalue weighted by molar-refractivity contribution is -0.114. The third kappa shape index (κ3) is 5.61. The largest absolute Gasteiger partial charge is 0.372 e. The van der Waals surface area contributed by atoms with Crippen molar-refractivity contribution in [2.45, 2.75) is 17.7 Å². The molecule has 1 aliphatic heterocycles. The number of halogens is 2. The van der Waals surface area contributed by atoms with Crippen LogP contribution in [0.15, 0.2) is 77.7 Å². The minimum atomic E-state index is -4.04. The van der Waals surface area contributed by atoms with E-state index in [1.54, 1.807) is 18.2 Å². The van der Waals surface area contributed by atoms with Gasteiger partial charge < -0.3 is 10.2 Å². The van der Waals surface area contributed by atoms with E-state index in [2.05, 4.69) is 10.2 Å². The van der Waals surface area contributed by atoms with Gasteiger partial charge in [-0.15, -0.1) is 0 Å². The monoisotopic (exact) mass is 503 g/mol. The highest BCUT2D eigenvalue weighted by Gasteiger charge is 2.27. The van der Waals surface area contributed by atoms with E-state index in [9.17, 15) is 13.2 Å². The Morgan fingerprint density at radius 1 is 0.909 bits per heavy atom. The van der Waals surface area contributed by atoms with E-state index in [0.717, 1.165) is 23.1 Å². The normalized spacial score (nSPS) is 13.7. The fourth-order valence-electron chi connectivity index (χ4n) is 3.74. The maximum atomic E-state index is 13.4. The molecule has 0 spiro atoms. The van der Waals surface area contributed by atoms with Gasteiger partial charge >= 0.3 is 0 Å². The molecule has 172 valence electrons. The molecule has 0 atom stereocenters. The van der Waals surface area contributed by atoms with Crippen molar-refractivity contribution in [3.63, 3.8) is 0 Å². The third-order valence-electron chi connectivity index (χ3n) is 5.41. The van der Waals surface area contributed by atoms with Crippen LogP contribution in [-0.4, -0.2) is 34.0 Å². The smallest absolute Gasteiger partial charge is 0.264 e. The number of anilines is 3. The van der Waals surface area contributed by atoms with Crippen molar-refractivity contribution >= 4 is 56.2 Å². The summed E-state index contributed by atoms with van der Waals surface area (Å²) in [6.07, 6.45) is 2.36.